The fourth-order valence-corrected chi connectivity index (χ4v) is 2.32. The van der Waals surface area contributed by atoms with Crippen LogP contribution in [0, 0.1) is 0 Å². The molecule has 1 heterocycles. The Balaban J connectivity index is 2.00. The van der Waals surface area contributed by atoms with E-state index >= 15 is 0 Å². The van der Waals surface area contributed by atoms with Gasteiger partial charge in [0.2, 0.25) is 0 Å². The van der Waals surface area contributed by atoms with Crippen molar-refractivity contribution < 1.29 is 14.3 Å². The maximum atomic E-state index is 11.1. The normalized spacial score (nSPS) is 10.3. The molecule has 1 aromatic heterocycles. The summed E-state index contributed by atoms with van der Waals surface area (Å²) < 4.78 is 10.4. The number of primary amides is 1. The maximum Gasteiger partial charge on any atom is 0.270 e. The number of benzene rings is 1. The van der Waals surface area contributed by atoms with Crippen LogP contribution in [0.15, 0.2) is 24.3 Å². The van der Waals surface area contributed by atoms with Gasteiger partial charge in [0, 0.05) is 12.8 Å². The molecule has 2 rings (SSSR count). The van der Waals surface area contributed by atoms with E-state index < -0.39 is 5.91 Å². The van der Waals surface area contributed by atoms with Crippen molar-refractivity contribution in [2.24, 2.45) is 5.73 Å². The number of methoxy groups -OCH3 is 1. The lowest BCUT2D eigenvalue weighted by Gasteiger charge is -2.07. The fraction of sp³-hybridized carbons (Fsp3) is 0.231. The Hall–Kier alpha value is -2.32. The summed E-state index contributed by atoms with van der Waals surface area (Å²) in [6, 6.07) is 7.32. The van der Waals surface area contributed by atoms with Gasteiger partial charge in [-0.25, -0.2) is 4.98 Å². The summed E-state index contributed by atoms with van der Waals surface area (Å²) >= 11 is 1.17. The summed E-state index contributed by atoms with van der Waals surface area (Å²) in [5, 5.41) is 3.86. The molecule has 112 valence electrons. The highest BCUT2D eigenvalue weighted by atomic mass is 32.1. The van der Waals surface area contributed by atoms with Crippen LogP contribution in [0.4, 0.5) is 15.8 Å². The second-order valence-electron chi connectivity index (χ2n) is 4.09. The molecule has 0 aliphatic carbocycles. The highest BCUT2D eigenvalue weighted by molar-refractivity contribution is 7.19. The van der Waals surface area contributed by atoms with Gasteiger partial charge < -0.3 is 26.3 Å². The molecule has 0 fully saturated rings. The Bertz CT molecular complexity index is 612. The van der Waals surface area contributed by atoms with Gasteiger partial charge in [0.1, 0.15) is 17.4 Å². The third kappa shape index (κ3) is 4.07. The lowest BCUT2D eigenvalue weighted by Crippen LogP contribution is -2.13. The van der Waals surface area contributed by atoms with Crippen LogP contribution >= 0.6 is 11.3 Å². The highest BCUT2D eigenvalue weighted by Gasteiger charge is 2.13. The minimum Gasteiger partial charge on any atom is -0.491 e. The fourth-order valence-electron chi connectivity index (χ4n) is 1.56. The number of carbonyl (C=O) groups excluding carboxylic acids is 1. The number of hydrogen-bond acceptors (Lipinski definition) is 7. The van der Waals surface area contributed by atoms with Crippen molar-refractivity contribution in [2.45, 2.75) is 0 Å². The first-order valence-corrected chi connectivity index (χ1v) is 6.96. The van der Waals surface area contributed by atoms with Crippen LogP contribution in [0.3, 0.4) is 0 Å². The first-order chi connectivity index (χ1) is 10.1. The van der Waals surface area contributed by atoms with E-state index in [0.717, 1.165) is 11.4 Å². The van der Waals surface area contributed by atoms with Crippen molar-refractivity contribution >= 4 is 33.1 Å². The zero-order valence-electron chi connectivity index (χ0n) is 11.5. The number of amides is 1. The summed E-state index contributed by atoms with van der Waals surface area (Å²) in [6.45, 7) is 1.03. The average Bonchev–Trinajstić information content (AvgIpc) is 2.82. The number of carbonyl (C=O) groups is 1. The zero-order chi connectivity index (χ0) is 15.2. The van der Waals surface area contributed by atoms with Gasteiger partial charge in [-0.2, -0.15) is 0 Å². The van der Waals surface area contributed by atoms with Crippen LogP contribution in [0.2, 0.25) is 0 Å². The number of nitrogen functional groups attached to an aromatic ring is 1. The van der Waals surface area contributed by atoms with Crippen molar-refractivity contribution in [3.05, 3.63) is 30.0 Å². The first kappa shape index (κ1) is 15.1. The summed E-state index contributed by atoms with van der Waals surface area (Å²) in [5.41, 5.74) is 11.7. The highest BCUT2D eigenvalue weighted by Crippen LogP contribution is 2.28. The number of thiazole rings is 1. The molecule has 0 spiro atoms. The standard InChI is InChI=1S/C13H16N4O3S/c1-19-6-7-20-9-4-2-8(3-5-9)16-13-17-10(11(14)18)12(15)21-13/h2-5H,6-7,15H2,1H3,(H2,14,18)(H,16,17). The largest absolute Gasteiger partial charge is 0.491 e. The molecule has 1 aromatic carbocycles. The molecule has 21 heavy (non-hydrogen) atoms. The lowest BCUT2D eigenvalue weighted by molar-refractivity contribution is 0.0997. The molecule has 8 heteroatoms. The molecular weight excluding hydrogens is 292 g/mol. The third-order valence-corrected chi connectivity index (χ3v) is 3.35. The second-order valence-corrected chi connectivity index (χ2v) is 5.12. The number of nitrogens with one attached hydrogen (secondary N) is 1. The van der Waals surface area contributed by atoms with Gasteiger partial charge in [-0.3, -0.25) is 4.79 Å². The monoisotopic (exact) mass is 308 g/mol. The third-order valence-electron chi connectivity index (χ3n) is 2.55. The summed E-state index contributed by atoms with van der Waals surface area (Å²) in [7, 11) is 1.62. The van der Waals surface area contributed by atoms with Gasteiger partial charge in [0.15, 0.2) is 10.8 Å². The Kier molecular flexibility index (Phi) is 4.96. The average molecular weight is 308 g/mol. The molecule has 0 radical (unpaired) electrons. The minimum atomic E-state index is -0.640. The van der Waals surface area contributed by atoms with Gasteiger partial charge in [-0.15, -0.1) is 0 Å². The van der Waals surface area contributed by atoms with Gasteiger partial charge in [0.05, 0.1) is 6.61 Å². The summed E-state index contributed by atoms with van der Waals surface area (Å²) in [6.07, 6.45) is 0. The van der Waals surface area contributed by atoms with Crippen molar-refractivity contribution in [1.82, 2.24) is 4.98 Å². The van der Waals surface area contributed by atoms with E-state index in [2.05, 4.69) is 10.3 Å². The number of nitrogens with two attached hydrogens (primary N) is 2. The quantitative estimate of drug-likeness (QED) is 0.670. The van der Waals surface area contributed by atoms with Crippen LogP contribution in [-0.2, 0) is 4.74 Å². The minimum absolute atomic E-state index is 0.0852. The number of anilines is 3. The van der Waals surface area contributed by atoms with Crippen molar-refractivity contribution in [1.29, 1.82) is 0 Å². The lowest BCUT2D eigenvalue weighted by atomic mass is 10.3. The van der Waals surface area contributed by atoms with Gasteiger partial charge in [0.25, 0.3) is 5.91 Å². The van der Waals surface area contributed by atoms with Crippen molar-refractivity contribution in [3.8, 4) is 5.75 Å². The number of aromatic nitrogens is 1. The van der Waals surface area contributed by atoms with E-state index in [1.54, 1.807) is 7.11 Å². The van der Waals surface area contributed by atoms with Gasteiger partial charge >= 0.3 is 0 Å². The van der Waals surface area contributed by atoms with Gasteiger partial charge in [-0.1, -0.05) is 11.3 Å². The topological polar surface area (TPSA) is 112 Å². The Morgan fingerprint density at radius 2 is 2.05 bits per heavy atom. The van der Waals surface area contributed by atoms with E-state index in [0.29, 0.717) is 23.3 Å². The smallest absolute Gasteiger partial charge is 0.270 e. The molecule has 7 nitrogen and oxygen atoms in total. The molecule has 0 aliphatic rings. The van der Waals surface area contributed by atoms with E-state index in [-0.39, 0.29) is 5.69 Å². The zero-order valence-corrected chi connectivity index (χ0v) is 12.3. The SMILES string of the molecule is COCCOc1ccc(Nc2nc(C(N)=O)c(N)s2)cc1. The maximum absolute atomic E-state index is 11.1. The molecule has 1 amide bonds. The molecule has 0 saturated heterocycles. The number of ether oxygens (including phenoxy) is 2. The van der Waals surface area contributed by atoms with Crippen LogP contribution in [0.1, 0.15) is 10.5 Å². The number of hydrogen-bond donors (Lipinski definition) is 3. The molecule has 0 saturated carbocycles. The van der Waals surface area contributed by atoms with Gasteiger partial charge in [-0.05, 0) is 24.3 Å². The summed E-state index contributed by atoms with van der Waals surface area (Å²) in [4.78, 5) is 15.1. The first-order valence-electron chi connectivity index (χ1n) is 6.15. The van der Waals surface area contributed by atoms with Crippen molar-refractivity contribution in [2.75, 3.05) is 31.4 Å². The van der Waals surface area contributed by atoms with E-state index in [4.69, 9.17) is 20.9 Å². The Morgan fingerprint density at radius 1 is 1.33 bits per heavy atom. The van der Waals surface area contributed by atoms with Crippen LogP contribution < -0.4 is 21.5 Å². The molecule has 0 bridgehead atoms. The van der Waals surface area contributed by atoms with E-state index in [1.165, 1.54) is 11.3 Å². The van der Waals surface area contributed by atoms with Crippen LogP contribution in [0.5, 0.6) is 5.75 Å². The Labute approximate surface area is 125 Å². The molecule has 2 aromatic rings. The summed E-state index contributed by atoms with van der Waals surface area (Å²) in [5.74, 6) is 0.104. The molecule has 5 N–H and O–H groups in total. The second kappa shape index (κ2) is 6.91. The molecule has 0 atom stereocenters. The molecular formula is C13H16N4O3S. The van der Waals surface area contributed by atoms with Crippen LogP contribution in [0.25, 0.3) is 0 Å². The van der Waals surface area contributed by atoms with Crippen LogP contribution in [-0.4, -0.2) is 31.2 Å². The predicted octanol–water partition coefficient (Wildman–Crippen LogP) is 1.59. The molecule has 0 unspecified atom stereocenters. The van der Waals surface area contributed by atoms with E-state index in [1.807, 2.05) is 24.3 Å². The predicted molar refractivity (Wildman–Crippen MR) is 82.1 cm³/mol. The molecule has 0 aliphatic heterocycles. The number of nitrogens with zero attached hydrogens (tertiary/aromatic N) is 1. The van der Waals surface area contributed by atoms with Crippen molar-refractivity contribution in [3.63, 3.8) is 0 Å². The number of rotatable bonds is 7. The Morgan fingerprint density at radius 3 is 2.62 bits per heavy atom. The van der Waals surface area contributed by atoms with E-state index in [9.17, 15) is 4.79 Å².